The monoisotopic (exact) mass is 339 g/mol. The molecule has 0 aliphatic carbocycles. The maximum Gasteiger partial charge on any atom is 0.416 e. The molecule has 0 amide bonds. The number of pyridine rings is 1. The van der Waals surface area contributed by atoms with Crippen molar-refractivity contribution in [1.82, 2.24) is 4.98 Å². The van der Waals surface area contributed by atoms with Crippen LogP contribution in [0.4, 0.5) is 13.2 Å². The van der Waals surface area contributed by atoms with Gasteiger partial charge in [0.25, 0.3) is 0 Å². The Labute approximate surface area is 135 Å². The predicted octanol–water partition coefficient (Wildman–Crippen LogP) is 4.19. The molecule has 0 radical (unpaired) electrons. The summed E-state index contributed by atoms with van der Waals surface area (Å²) in [6, 6.07) is 5.80. The average Bonchev–Trinajstić information content (AvgIpc) is 2.53. The molecule has 0 spiro atoms. The van der Waals surface area contributed by atoms with Crippen molar-refractivity contribution >= 4 is 17.6 Å². The van der Waals surface area contributed by atoms with E-state index in [0.717, 1.165) is 19.2 Å². The van der Waals surface area contributed by atoms with Crippen molar-refractivity contribution in [2.45, 2.75) is 6.18 Å². The van der Waals surface area contributed by atoms with Gasteiger partial charge in [-0.05, 0) is 24.3 Å². The number of carbonyl (C=O) groups is 1. The molecule has 0 N–H and O–H groups in total. The number of hydrogen-bond donors (Lipinski definition) is 0. The minimum absolute atomic E-state index is 0.00506. The molecule has 0 saturated carbocycles. The number of aromatic nitrogens is 1. The highest BCUT2D eigenvalue weighted by Crippen LogP contribution is 2.33. The van der Waals surface area contributed by atoms with Gasteiger partial charge < -0.3 is 4.74 Å². The number of esters is 1. The maximum atomic E-state index is 12.7. The largest absolute Gasteiger partial charge is 0.464 e. The summed E-state index contributed by atoms with van der Waals surface area (Å²) in [6.45, 7) is 0. The van der Waals surface area contributed by atoms with Crippen molar-refractivity contribution < 1.29 is 22.7 Å². The Kier molecular flexibility index (Phi) is 4.62. The van der Waals surface area contributed by atoms with Crippen LogP contribution in [-0.4, -0.2) is 18.1 Å². The summed E-state index contributed by atoms with van der Waals surface area (Å²) in [5, 5.41) is 0.0646. The number of methoxy groups -OCH3 is 1. The lowest BCUT2D eigenvalue weighted by atomic mass is 10.0. The fourth-order valence-electron chi connectivity index (χ4n) is 1.90. The van der Waals surface area contributed by atoms with Gasteiger partial charge in [0.05, 0.1) is 23.4 Å². The molecule has 23 heavy (non-hydrogen) atoms. The Balaban J connectivity index is 2.59. The Hall–Kier alpha value is -2.52. The number of nitrogens with zero attached hydrogens (tertiary/aromatic N) is 1. The molecule has 0 fully saturated rings. The Morgan fingerprint density at radius 2 is 2.00 bits per heavy atom. The third-order valence-electron chi connectivity index (χ3n) is 3.00. The van der Waals surface area contributed by atoms with E-state index < -0.39 is 17.7 Å². The van der Waals surface area contributed by atoms with Crippen LogP contribution in [0.2, 0.25) is 5.02 Å². The van der Waals surface area contributed by atoms with Gasteiger partial charge in [-0.3, -0.25) is 0 Å². The van der Waals surface area contributed by atoms with Gasteiger partial charge in [0.2, 0.25) is 0 Å². The van der Waals surface area contributed by atoms with Crippen LogP contribution >= 0.6 is 11.6 Å². The summed E-state index contributed by atoms with van der Waals surface area (Å²) in [5.74, 6) is 1.44. The Morgan fingerprint density at radius 1 is 1.30 bits per heavy atom. The normalized spacial score (nSPS) is 11.0. The molecule has 0 saturated heterocycles. The highest BCUT2D eigenvalue weighted by Gasteiger charge is 2.31. The number of carbonyl (C=O) groups excluding carboxylic acids is 1. The lowest BCUT2D eigenvalue weighted by molar-refractivity contribution is -0.137. The highest BCUT2D eigenvalue weighted by molar-refractivity contribution is 6.33. The van der Waals surface area contributed by atoms with E-state index in [1.54, 1.807) is 0 Å². The number of benzene rings is 1. The van der Waals surface area contributed by atoms with Crippen LogP contribution < -0.4 is 0 Å². The first kappa shape index (κ1) is 16.8. The summed E-state index contributed by atoms with van der Waals surface area (Å²) in [5.41, 5.74) is -0.504. The van der Waals surface area contributed by atoms with Gasteiger partial charge in [-0.15, -0.1) is 6.42 Å². The van der Waals surface area contributed by atoms with Crippen molar-refractivity contribution in [2.24, 2.45) is 0 Å². The summed E-state index contributed by atoms with van der Waals surface area (Å²) in [6.07, 6.45) is 0.786. The highest BCUT2D eigenvalue weighted by atomic mass is 35.5. The van der Waals surface area contributed by atoms with Crippen LogP contribution in [-0.2, 0) is 10.9 Å². The van der Waals surface area contributed by atoms with Crippen LogP contribution in [0.25, 0.3) is 11.3 Å². The molecule has 0 bridgehead atoms. The fourth-order valence-corrected chi connectivity index (χ4v) is 2.08. The van der Waals surface area contributed by atoms with E-state index in [0.29, 0.717) is 0 Å². The Morgan fingerprint density at radius 3 is 2.57 bits per heavy atom. The second-order valence-corrected chi connectivity index (χ2v) is 4.83. The third kappa shape index (κ3) is 3.46. The van der Waals surface area contributed by atoms with Crippen molar-refractivity contribution in [3.05, 3.63) is 52.2 Å². The van der Waals surface area contributed by atoms with E-state index in [1.807, 2.05) is 0 Å². The minimum Gasteiger partial charge on any atom is -0.464 e. The third-order valence-corrected chi connectivity index (χ3v) is 3.31. The number of halogens is 4. The van der Waals surface area contributed by atoms with Gasteiger partial charge in [-0.1, -0.05) is 23.6 Å². The zero-order valence-electron chi connectivity index (χ0n) is 11.7. The second kappa shape index (κ2) is 6.31. The number of terminal acetylenes is 1. The topological polar surface area (TPSA) is 39.2 Å². The van der Waals surface area contributed by atoms with E-state index in [4.69, 9.17) is 18.0 Å². The van der Waals surface area contributed by atoms with Gasteiger partial charge in [-0.2, -0.15) is 13.2 Å². The molecule has 1 heterocycles. The first-order chi connectivity index (χ1) is 10.8. The standard InChI is InChI=1S/C16H9ClF3NO2/c1-3-9-8-10(16(18,19)20)4-5-11(9)13-7-6-12(17)14(21-13)15(22)23-2/h1,4-8H,2H3. The van der Waals surface area contributed by atoms with E-state index in [2.05, 4.69) is 15.6 Å². The number of hydrogen-bond acceptors (Lipinski definition) is 3. The quantitative estimate of drug-likeness (QED) is 0.608. The molecule has 2 rings (SSSR count). The zero-order valence-corrected chi connectivity index (χ0v) is 12.5. The average molecular weight is 340 g/mol. The van der Waals surface area contributed by atoms with Crippen molar-refractivity contribution in [3.8, 4) is 23.6 Å². The number of rotatable bonds is 2. The van der Waals surface area contributed by atoms with Crippen LogP contribution in [0, 0.1) is 12.3 Å². The summed E-state index contributed by atoms with van der Waals surface area (Å²) in [7, 11) is 1.16. The maximum absolute atomic E-state index is 12.7. The van der Waals surface area contributed by atoms with E-state index in [1.165, 1.54) is 18.2 Å². The second-order valence-electron chi connectivity index (χ2n) is 4.42. The lowest BCUT2D eigenvalue weighted by Gasteiger charge is -2.11. The molecular formula is C16H9ClF3NO2. The predicted molar refractivity (Wildman–Crippen MR) is 79.0 cm³/mol. The summed E-state index contributed by atoms with van der Waals surface area (Å²) in [4.78, 5) is 15.6. The first-order valence-corrected chi connectivity index (χ1v) is 6.58. The van der Waals surface area contributed by atoms with Crippen LogP contribution in [0.15, 0.2) is 30.3 Å². The molecule has 1 aromatic carbocycles. The van der Waals surface area contributed by atoms with Gasteiger partial charge in [0, 0.05) is 11.1 Å². The van der Waals surface area contributed by atoms with Gasteiger partial charge in [-0.25, -0.2) is 9.78 Å². The van der Waals surface area contributed by atoms with Crippen LogP contribution in [0.1, 0.15) is 21.6 Å². The number of ether oxygens (including phenoxy) is 1. The minimum atomic E-state index is -4.51. The summed E-state index contributed by atoms with van der Waals surface area (Å²) < 4.78 is 42.8. The lowest BCUT2D eigenvalue weighted by Crippen LogP contribution is -2.07. The number of alkyl halides is 3. The first-order valence-electron chi connectivity index (χ1n) is 6.21. The molecule has 3 nitrogen and oxygen atoms in total. The van der Waals surface area contributed by atoms with Crippen molar-refractivity contribution in [1.29, 1.82) is 0 Å². The molecule has 0 atom stereocenters. The Bertz CT molecular complexity index is 810. The smallest absolute Gasteiger partial charge is 0.416 e. The van der Waals surface area contributed by atoms with Crippen LogP contribution in [0.5, 0.6) is 0 Å². The van der Waals surface area contributed by atoms with E-state index in [9.17, 15) is 18.0 Å². The van der Waals surface area contributed by atoms with E-state index in [-0.39, 0.29) is 27.5 Å². The summed E-state index contributed by atoms with van der Waals surface area (Å²) >= 11 is 5.86. The molecule has 1 aromatic heterocycles. The van der Waals surface area contributed by atoms with Crippen molar-refractivity contribution in [2.75, 3.05) is 7.11 Å². The van der Waals surface area contributed by atoms with Gasteiger partial charge in [0.1, 0.15) is 0 Å². The molecular weight excluding hydrogens is 331 g/mol. The SMILES string of the molecule is C#Cc1cc(C(F)(F)F)ccc1-c1ccc(Cl)c(C(=O)OC)n1. The molecule has 0 unspecified atom stereocenters. The van der Waals surface area contributed by atoms with Crippen LogP contribution in [0.3, 0.4) is 0 Å². The van der Waals surface area contributed by atoms with Gasteiger partial charge in [0.15, 0.2) is 5.69 Å². The van der Waals surface area contributed by atoms with Gasteiger partial charge >= 0.3 is 12.1 Å². The zero-order chi connectivity index (χ0) is 17.2. The molecule has 0 aliphatic rings. The molecule has 118 valence electrons. The van der Waals surface area contributed by atoms with Crippen molar-refractivity contribution in [3.63, 3.8) is 0 Å². The molecule has 7 heteroatoms. The van der Waals surface area contributed by atoms with E-state index >= 15 is 0 Å². The fraction of sp³-hybridized carbons (Fsp3) is 0.125. The molecule has 0 aliphatic heterocycles. The molecule has 2 aromatic rings.